The molecule has 1 aliphatic rings. The van der Waals surface area contributed by atoms with Crippen molar-refractivity contribution in [3.05, 3.63) is 41.5 Å². The van der Waals surface area contributed by atoms with Gasteiger partial charge in [-0.25, -0.2) is 13.3 Å². The number of ether oxygens (including phenoxy) is 3. The first-order valence-electron chi connectivity index (χ1n) is 7.51. The summed E-state index contributed by atoms with van der Waals surface area (Å²) in [7, 11) is 5.34. The number of carbonyl (C=O) groups is 2. The highest BCUT2D eigenvalue weighted by Crippen LogP contribution is 2.41. The Morgan fingerprint density at radius 2 is 1.56 bits per heavy atom. The number of halogens is 1. The van der Waals surface area contributed by atoms with Crippen LogP contribution in [-0.2, 0) is 9.05 Å². The molecule has 0 spiro atoms. The summed E-state index contributed by atoms with van der Waals surface area (Å²) in [5.41, 5.74) is 0.337. The molecule has 0 unspecified atom stereocenters. The van der Waals surface area contributed by atoms with Crippen LogP contribution in [-0.4, -0.2) is 41.6 Å². The Bertz CT molecular complexity index is 1070. The van der Waals surface area contributed by atoms with Gasteiger partial charge in [0.25, 0.3) is 20.9 Å². The van der Waals surface area contributed by atoms with Crippen LogP contribution in [0.5, 0.6) is 17.2 Å². The molecule has 0 N–H and O–H groups in total. The van der Waals surface area contributed by atoms with E-state index in [4.69, 9.17) is 24.9 Å². The lowest BCUT2D eigenvalue weighted by Crippen LogP contribution is -2.29. The molecule has 2 aromatic carbocycles. The van der Waals surface area contributed by atoms with Gasteiger partial charge in [0.1, 0.15) is 10.6 Å². The Morgan fingerprint density at radius 3 is 2.11 bits per heavy atom. The zero-order chi connectivity index (χ0) is 19.9. The maximum Gasteiger partial charge on any atom is 0.270 e. The van der Waals surface area contributed by atoms with Crippen molar-refractivity contribution in [1.82, 2.24) is 0 Å². The largest absolute Gasteiger partial charge is 0.495 e. The minimum absolute atomic E-state index is 0.0647. The molecule has 0 saturated carbocycles. The van der Waals surface area contributed by atoms with Crippen LogP contribution in [0.4, 0.5) is 5.69 Å². The summed E-state index contributed by atoms with van der Waals surface area (Å²) in [6, 6.07) is 6.70. The number of imide groups is 1. The molecule has 0 saturated heterocycles. The fraction of sp³-hybridized carbons (Fsp3) is 0.176. The van der Waals surface area contributed by atoms with Crippen LogP contribution in [0.25, 0.3) is 0 Å². The van der Waals surface area contributed by atoms with Gasteiger partial charge < -0.3 is 14.2 Å². The van der Waals surface area contributed by atoms with Gasteiger partial charge >= 0.3 is 0 Å². The zero-order valence-electron chi connectivity index (χ0n) is 14.5. The van der Waals surface area contributed by atoms with Crippen LogP contribution in [0, 0.1) is 0 Å². The number of hydrogen-bond acceptors (Lipinski definition) is 7. The molecule has 27 heavy (non-hydrogen) atoms. The van der Waals surface area contributed by atoms with Crippen molar-refractivity contribution in [3.8, 4) is 17.2 Å². The average Bonchev–Trinajstić information content (AvgIpc) is 2.90. The first-order valence-corrected chi connectivity index (χ1v) is 9.82. The molecule has 0 radical (unpaired) electrons. The Morgan fingerprint density at radius 1 is 0.889 bits per heavy atom. The average molecular weight is 412 g/mol. The highest BCUT2D eigenvalue weighted by molar-refractivity contribution is 8.13. The second kappa shape index (κ2) is 6.75. The number of methoxy groups -OCH3 is 3. The van der Waals surface area contributed by atoms with E-state index in [0.29, 0.717) is 5.75 Å². The van der Waals surface area contributed by atoms with Gasteiger partial charge in [-0.05, 0) is 24.3 Å². The van der Waals surface area contributed by atoms with E-state index < -0.39 is 20.9 Å². The molecule has 0 aromatic heterocycles. The number of amides is 2. The van der Waals surface area contributed by atoms with E-state index in [0.717, 1.165) is 11.0 Å². The fourth-order valence-corrected chi connectivity index (χ4v) is 3.87. The molecular weight excluding hydrogens is 398 g/mol. The van der Waals surface area contributed by atoms with E-state index in [1.165, 1.54) is 45.6 Å². The number of rotatable bonds is 5. The second-order valence-corrected chi connectivity index (χ2v) is 7.98. The third-order valence-corrected chi connectivity index (χ3v) is 5.43. The van der Waals surface area contributed by atoms with Crippen molar-refractivity contribution in [2.45, 2.75) is 4.90 Å². The van der Waals surface area contributed by atoms with E-state index in [1.807, 2.05) is 0 Å². The normalized spacial score (nSPS) is 13.6. The third kappa shape index (κ3) is 2.98. The summed E-state index contributed by atoms with van der Waals surface area (Å²) < 4.78 is 38.7. The molecule has 2 aromatic rings. The maximum absolute atomic E-state index is 12.9. The summed E-state index contributed by atoms with van der Waals surface area (Å²) >= 11 is 0. The molecule has 0 aliphatic carbocycles. The molecule has 142 valence electrons. The van der Waals surface area contributed by atoms with Gasteiger partial charge in [-0.3, -0.25) is 9.59 Å². The second-order valence-electron chi connectivity index (χ2n) is 5.44. The van der Waals surface area contributed by atoms with Gasteiger partial charge in [-0.1, -0.05) is 0 Å². The van der Waals surface area contributed by atoms with Crippen LogP contribution >= 0.6 is 10.7 Å². The van der Waals surface area contributed by atoms with Gasteiger partial charge in [-0.2, -0.15) is 0 Å². The van der Waals surface area contributed by atoms with Crippen molar-refractivity contribution in [3.63, 3.8) is 0 Å². The molecule has 0 bridgehead atoms. The van der Waals surface area contributed by atoms with E-state index >= 15 is 0 Å². The van der Waals surface area contributed by atoms with Crippen molar-refractivity contribution in [2.75, 3.05) is 26.2 Å². The molecule has 8 nitrogen and oxygen atoms in total. The van der Waals surface area contributed by atoms with E-state index in [9.17, 15) is 18.0 Å². The minimum Gasteiger partial charge on any atom is -0.495 e. The summed E-state index contributed by atoms with van der Waals surface area (Å²) in [5.74, 6) is -0.861. The van der Waals surface area contributed by atoms with Gasteiger partial charge in [0, 0.05) is 16.7 Å². The van der Waals surface area contributed by atoms with Crippen LogP contribution < -0.4 is 19.1 Å². The Hall–Kier alpha value is -2.78. The minimum atomic E-state index is -4.06. The number of carbonyl (C=O) groups excluding carboxylic acids is 2. The third-order valence-electron chi connectivity index (χ3n) is 4.06. The molecule has 2 amide bonds. The Kier molecular flexibility index (Phi) is 4.75. The lowest BCUT2D eigenvalue weighted by molar-refractivity contribution is 0.0925. The SMILES string of the molecule is COc1cc(N2C(=O)c3ccc(OC)c(OC)c3C2=O)ccc1S(=O)(=O)Cl. The molecular formula is C17H14ClNO7S. The number of benzene rings is 2. The first kappa shape index (κ1) is 19.0. The van der Waals surface area contributed by atoms with E-state index in [-0.39, 0.29) is 33.2 Å². The summed E-state index contributed by atoms with van der Waals surface area (Å²) in [5, 5.41) is 0. The standard InChI is InChI=1S/C17H14ClNO7S/c1-24-11-6-5-10-14(15(11)26-3)17(21)19(16(10)20)9-4-7-13(27(18,22)23)12(8-9)25-2/h4-8H,1-3H3. The van der Waals surface area contributed by atoms with Gasteiger partial charge in [-0.15, -0.1) is 0 Å². The monoisotopic (exact) mass is 411 g/mol. The van der Waals surface area contributed by atoms with Crippen molar-refractivity contribution < 1.29 is 32.2 Å². The van der Waals surface area contributed by atoms with Crippen LogP contribution in [0.3, 0.4) is 0 Å². The summed E-state index contributed by atoms with van der Waals surface area (Å²) in [4.78, 5) is 26.3. The molecule has 0 atom stereocenters. The van der Waals surface area contributed by atoms with E-state index in [2.05, 4.69) is 0 Å². The van der Waals surface area contributed by atoms with Crippen molar-refractivity contribution >= 4 is 37.2 Å². The molecule has 10 heteroatoms. The quantitative estimate of drug-likeness (QED) is 0.550. The van der Waals surface area contributed by atoms with Crippen LogP contribution in [0.1, 0.15) is 20.7 Å². The highest BCUT2D eigenvalue weighted by atomic mass is 35.7. The zero-order valence-corrected chi connectivity index (χ0v) is 16.1. The predicted molar refractivity (Wildman–Crippen MR) is 96.7 cm³/mol. The highest BCUT2D eigenvalue weighted by Gasteiger charge is 2.40. The number of anilines is 1. The lowest BCUT2D eigenvalue weighted by Gasteiger charge is -2.16. The molecule has 3 rings (SSSR count). The molecule has 0 fully saturated rings. The summed E-state index contributed by atoms with van der Waals surface area (Å²) in [6.07, 6.45) is 0. The topological polar surface area (TPSA) is 99.2 Å². The smallest absolute Gasteiger partial charge is 0.270 e. The fourth-order valence-electron chi connectivity index (χ4n) is 2.87. The van der Waals surface area contributed by atoms with Gasteiger partial charge in [0.15, 0.2) is 11.5 Å². The predicted octanol–water partition coefficient (Wildman–Crippen LogP) is 2.44. The lowest BCUT2D eigenvalue weighted by atomic mass is 10.1. The maximum atomic E-state index is 12.9. The Balaban J connectivity index is 2.15. The molecule has 1 heterocycles. The van der Waals surface area contributed by atoms with Crippen molar-refractivity contribution in [1.29, 1.82) is 0 Å². The Labute approximate surface area is 159 Å². The van der Waals surface area contributed by atoms with Crippen molar-refractivity contribution in [2.24, 2.45) is 0 Å². The van der Waals surface area contributed by atoms with Crippen LogP contribution in [0.2, 0.25) is 0 Å². The summed E-state index contributed by atoms with van der Waals surface area (Å²) in [6.45, 7) is 0. The van der Waals surface area contributed by atoms with Gasteiger partial charge in [0.2, 0.25) is 0 Å². The number of hydrogen-bond donors (Lipinski definition) is 0. The van der Waals surface area contributed by atoms with Gasteiger partial charge in [0.05, 0.1) is 38.1 Å². The van der Waals surface area contributed by atoms with E-state index in [1.54, 1.807) is 0 Å². The molecule has 1 aliphatic heterocycles. The first-order chi connectivity index (χ1) is 12.7. The number of nitrogens with zero attached hydrogens (tertiary/aromatic N) is 1. The number of fused-ring (bicyclic) bond motifs is 1. The van der Waals surface area contributed by atoms with Crippen LogP contribution in [0.15, 0.2) is 35.2 Å².